The van der Waals surface area contributed by atoms with Crippen molar-refractivity contribution in [3.8, 4) is 0 Å². The third-order valence-electron chi connectivity index (χ3n) is 2.23. The fourth-order valence-electron chi connectivity index (χ4n) is 1.25. The van der Waals surface area contributed by atoms with Gasteiger partial charge in [0.25, 0.3) is 0 Å². The van der Waals surface area contributed by atoms with Crippen LogP contribution in [-0.4, -0.2) is 22.8 Å². The zero-order chi connectivity index (χ0) is 10.3. The van der Waals surface area contributed by atoms with Crippen LogP contribution >= 0.6 is 0 Å². The van der Waals surface area contributed by atoms with Gasteiger partial charge in [0.15, 0.2) is 0 Å². The molecule has 0 aliphatic rings. The fourth-order valence-corrected chi connectivity index (χ4v) is 1.25. The van der Waals surface area contributed by atoms with Gasteiger partial charge in [-0.2, -0.15) is 0 Å². The molecule has 0 spiro atoms. The molecule has 0 bridgehead atoms. The SMILES string of the molecule is CCCCC(CC)CN(O)C(N)=O. The second-order valence-electron chi connectivity index (χ2n) is 3.34. The molecule has 0 radical (unpaired) electrons. The number of carbonyl (C=O) groups is 1. The molecule has 0 fully saturated rings. The summed E-state index contributed by atoms with van der Waals surface area (Å²) in [6.45, 7) is 4.53. The Labute approximate surface area is 79.7 Å². The topological polar surface area (TPSA) is 66.6 Å². The lowest BCUT2D eigenvalue weighted by Crippen LogP contribution is -2.36. The fraction of sp³-hybridized carbons (Fsp3) is 0.889. The lowest BCUT2D eigenvalue weighted by atomic mass is 9.99. The molecule has 0 aromatic rings. The number of hydrogen-bond acceptors (Lipinski definition) is 2. The number of unbranched alkanes of at least 4 members (excludes halogenated alkanes) is 1. The van der Waals surface area contributed by atoms with Gasteiger partial charge in [0.05, 0.1) is 6.54 Å². The Morgan fingerprint density at radius 3 is 2.54 bits per heavy atom. The molecule has 0 heterocycles. The Morgan fingerprint density at radius 1 is 1.54 bits per heavy atom. The van der Waals surface area contributed by atoms with Gasteiger partial charge in [-0.15, -0.1) is 0 Å². The molecule has 3 N–H and O–H groups in total. The van der Waals surface area contributed by atoms with E-state index in [-0.39, 0.29) is 0 Å². The summed E-state index contributed by atoms with van der Waals surface area (Å²) in [5.74, 6) is 0.359. The number of hydroxylamine groups is 2. The number of hydrogen-bond donors (Lipinski definition) is 2. The molecule has 0 aliphatic heterocycles. The van der Waals surface area contributed by atoms with Gasteiger partial charge >= 0.3 is 6.03 Å². The van der Waals surface area contributed by atoms with E-state index >= 15 is 0 Å². The highest BCUT2D eigenvalue weighted by atomic mass is 16.5. The quantitative estimate of drug-likeness (QED) is 0.494. The number of carbonyl (C=O) groups excluding carboxylic acids is 1. The summed E-state index contributed by atoms with van der Waals surface area (Å²) < 4.78 is 0. The minimum atomic E-state index is -0.769. The van der Waals surface area contributed by atoms with E-state index in [1.54, 1.807) is 0 Å². The Bertz CT molecular complexity index is 151. The van der Waals surface area contributed by atoms with Crippen LogP contribution in [0.4, 0.5) is 4.79 Å². The average Bonchev–Trinajstić information content (AvgIpc) is 2.11. The summed E-state index contributed by atoms with van der Waals surface area (Å²) in [4.78, 5) is 10.5. The summed E-state index contributed by atoms with van der Waals surface area (Å²) in [5, 5.41) is 9.69. The number of rotatable bonds is 6. The van der Waals surface area contributed by atoms with Crippen LogP contribution in [0.25, 0.3) is 0 Å². The second kappa shape index (κ2) is 6.71. The highest BCUT2D eigenvalue weighted by Crippen LogP contribution is 2.13. The first-order valence-corrected chi connectivity index (χ1v) is 4.87. The molecule has 0 aliphatic carbocycles. The number of primary amides is 1. The maximum atomic E-state index is 10.5. The predicted molar refractivity (Wildman–Crippen MR) is 51.4 cm³/mol. The number of nitrogens with zero attached hydrogens (tertiary/aromatic N) is 1. The van der Waals surface area contributed by atoms with Gasteiger partial charge in [-0.25, -0.2) is 9.86 Å². The van der Waals surface area contributed by atoms with Crippen LogP contribution in [0.1, 0.15) is 39.5 Å². The van der Waals surface area contributed by atoms with Crippen LogP contribution < -0.4 is 5.73 Å². The van der Waals surface area contributed by atoms with Crippen molar-refractivity contribution in [1.82, 2.24) is 5.06 Å². The molecule has 1 atom stereocenters. The van der Waals surface area contributed by atoms with Crippen LogP contribution in [0.2, 0.25) is 0 Å². The van der Waals surface area contributed by atoms with Crippen LogP contribution in [0.5, 0.6) is 0 Å². The molecule has 78 valence electrons. The van der Waals surface area contributed by atoms with Crippen LogP contribution in [0.15, 0.2) is 0 Å². The zero-order valence-electron chi connectivity index (χ0n) is 8.49. The lowest BCUT2D eigenvalue weighted by molar-refractivity contribution is -0.0517. The smallest absolute Gasteiger partial charge is 0.338 e. The number of amides is 2. The first-order chi connectivity index (χ1) is 6.11. The van der Waals surface area contributed by atoms with Gasteiger partial charge < -0.3 is 5.73 Å². The van der Waals surface area contributed by atoms with Gasteiger partial charge in [-0.05, 0) is 12.3 Å². The Morgan fingerprint density at radius 2 is 2.15 bits per heavy atom. The van der Waals surface area contributed by atoms with E-state index in [0.717, 1.165) is 25.7 Å². The van der Waals surface area contributed by atoms with Crippen molar-refractivity contribution < 1.29 is 10.0 Å². The molecule has 0 aromatic heterocycles. The van der Waals surface area contributed by atoms with Crippen molar-refractivity contribution in [1.29, 1.82) is 0 Å². The molecule has 0 rings (SSSR count). The van der Waals surface area contributed by atoms with Crippen molar-refractivity contribution in [3.63, 3.8) is 0 Å². The molecule has 2 amide bonds. The monoisotopic (exact) mass is 188 g/mol. The molecule has 13 heavy (non-hydrogen) atoms. The molecule has 0 saturated heterocycles. The molecule has 0 saturated carbocycles. The minimum absolute atomic E-state index is 0.353. The van der Waals surface area contributed by atoms with E-state index in [1.807, 2.05) is 0 Å². The summed E-state index contributed by atoms with van der Waals surface area (Å²) in [7, 11) is 0. The summed E-state index contributed by atoms with van der Waals surface area (Å²) in [6.07, 6.45) is 4.27. The minimum Gasteiger partial charge on any atom is -0.350 e. The predicted octanol–water partition coefficient (Wildman–Crippen LogP) is 1.97. The summed E-state index contributed by atoms with van der Waals surface area (Å²) in [5.41, 5.74) is 4.90. The second-order valence-corrected chi connectivity index (χ2v) is 3.34. The standard InChI is InChI=1S/C9H20N2O2/c1-3-5-6-8(4-2)7-11(13)9(10)12/h8,13H,3-7H2,1-2H3,(H2,10,12). The molecule has 0 aromatic carbocycles. The molecule has 4 nitrogen and oxygen atoms in total. The van der Waals surface area contributed by atoms with E-state index in [1.165, 1.54) is 0 Å². The van der Waals surface area contributed by atoms with Crippen LogP contribution in [0, 0.1) is 5.92 Å². The van der Waals surface area contributed by atoms with Gasteiger partial charge in [-0.3, -0.25) is 5.21 Å². The zero-order valence-corrected chi connectivity index (χ0v) is 8.49. The Kier molecular flexibility index (Phi) is 6.32. The van der Waals surface area contributed by atoms with E-state index in [0.29, 0.717) is 17.5 Å². The lowest BCUT2D eigenvalue weighted by Gasteiger charge is -2.19. The van der Waals surface area contributed by atoms with Crippen LogP contribution in [0.3, 0.4) is 0 Å². The highest BCUT2D eigenvalue weighted by molar-refractivity contribution is 5.70. The van der Waals surface area contributed by atoms with Crippen molar-refractivity contribution in [2.75, 3.05) is 6.54 Å². The highest BCUT2D eigenvalue weighted by Gasteiger charge is 2.12. The molecular weight excluding hydrogens is 168 g/mol. The first-order valence-electron chi connectivity index (χ1n) is 4.87. The van der Waals surface area contributed by atoms with Crippen molar-refractivity contribution in [3.05, 3.63) is 0 Å². The normalized spacial score (nSPS) is 12.5. The van der Waals surface area contributed by atoms with Crippen LogP contribution in [-0.2, 0) is 0 Å². The van der Waals surface area contributed by atoms with Gasteiger partial charge in [0, 0.05) is 0 Å². The molecule has 4 heteroatoms. The van der Waals surface area contributed by atoms with E-state index < -0.39 is 6.03 Å². The van der Waals surface area contributed by atoms with E-state index in [4.69, 9.17) is 10.9 Å². The van der Waals surface area contributed by atoms with Crippen molar-refractivity contribution >= 4 is 6.03 Å². The molecular formula is C9H20N2O2. The third-order valence-corrected chi connectivity index (χ3v) is 2.23. The van der Waals surface area contributed by atoms with Gasteiger partial charge in [-0.1, -0.05) is 33.1 Å². The number of nitrogens with two attached hydrogens (primary N) is 1. The third kappa shape index (κ3) is 5.47. The van der Waals surface area contributed by atoms with E-state index in [9.17, 15) is 4.79 Å². The van der Waals surface area contributed by atoms with Gasteiger partial charge in [0.1, 0.15) is 0 Å². The van der Waals surface area contributed by atoms with Crippen molar-refractivity contribution in [2.24, 2.45) is 11.7 Å². The van der Waals surface area contributed by atoms with E-state index in [2.05, 4.69) is 13.8 Å². The number of urea groups is 1. The average molecular weight is 188 g/mol. The molecule has 1 unspecified atom stereocenters. The Hall–Kier alpha value is -0.770. The Balaban J connectivity index is 3.75. The summed E-state index contributed by atoms with van der Waals surface area (Å²) >= 11 is 0. The first kappa shape index (κ1) is 12.2. The maximum absolute atomic E-state index is 10.5. The van der Waals surface area contributed by atoms with Gasteiger partial charge in [0.2, 0.25) is 0 Å². The maximum Gasteiger partial charge on any atom is 0.338 e. The largest absolute Gasteiger partial charge is 0.350 e. The van der Waals surface area contributed by atoms with Crippen molar-refractivity contribution in [2.45, 2.75) is 39.5 Å². The summed E-state index contributed by atoms with van der Waals surface area (Å²) in [6, 6.07) is -0.769.